The molecule has 1 amide bonds. The number of methoxy groups -OCH3 is 1. The van der Waals surface area contributed by atoms with Crippen molar-refractivity contribution >= 4 is 23.2 Å². The highest BCUT2D eigenvalue weighted by molar-refractivity contribution is 6.31. The van der Waals surface area contributed by atoms with Gasteiger partial charge in [-0.3, -0.25) is 9.69 Å². The summed E-state index contributed by atoms with van der Waals surface area (Å²) in [6.07, 6.45) is 0. The van der Waals surface area contributed by atoms with Gasteiger partial charge in [0.05, 0.1) is 19.3 Å². The molecule has 1 aromatic rings. The van der Waals surface area contributed by atoms with Gasteiger partial charge in [-0.25, -0.2) is 0 Å². The largest absolute Gasteiger partial charge is 0.495 e. The molecule has 5 nitrogen and oxygen atoms in total. The highest BCUT2D eigenvalue weighted by Crippen LogP contribution is 2.30. The van der Waals surface area contributed by atoms with Crippen molar-refractivity contribution in [3.05, 3.63) is 22.7 Å². The summed E-state index contributed by atoms with van der Waals surface area (Å²) in [5.74, 6) is 0.538. The number of piperazine rings is 1. The average Bonchev–Trinajstić information content (AvgIpc) is 2.45. The molecular weight excluding hydrogens is 290 g/mol. The molecule has 1 atom stereocenters. The molecule has 1 aliphatic rings. The lowest BCUT2D eigenvalue weighted by Crippen LogP contribution is -2.52. The second-order valence-corrected chi connectivity index (χ2v) is 5.78. The fourth-order valence-corrected chi connectivity index (χ4v) is 2.58. The van der Waals surface area contributed by atoms with Gasteiger partial charge in [-0.15, -0.1) is 0 Å². The molecule has 0 aliphatic carbocycles. The molecule has 0 bridgehead atoms. The Morgan fingerprint density at radius 1 is 1.57 bits per heavy atom. The molecular formula is C15H22ClN3O2. The molecule has 1 aromatic carbocycles. The van der Waals surface area contributed by atoms with Crippen molar-refractivity contribution in [1.82, 2.24) is 10.2 Å². The van der Waals surface area contributed by atoms with Crippen LogP contribution in [0.25, 0.3) is 0 Å². The van der Waals surface area contributed by atoms with E-state index in [4.69, 9.17) is 16.3 Å². The minimum absolute atomic E-state index is 0.0382. The Hall–Kier alpha value is -1.30. The summed E-state index contributed by atoms with van der Waals surface area (Å²) in [4.78, 5) is 14.4. The maximum atomic E-state index is 12.2. The van der Waals surface area contributed by atoms with Crippen LogP contribution in [0.1, 0.15) is 12.5 Å². The Morgan fingerprint density at radius 3 is 3.00 bits per heavy atom. The van der Waals surface area contributed by atoms with Gasteiger partial charge in [0.1, 0.15) is 5.75 Å². The van der Waals surface area contributed by atoms with E-state index in [2.05, 4.69) is 22.5 Å². The van der Waals surface area contributed by atoms with Crippen molar-refractivity contribution in [2.75, 3.05) is 38.6 Å². The summed E-state index contributed by atoms with van der Waals surface area (Å²) in [5, 5.41) is 6.85. The predicted molar refractivity (Wildman–Crippen MR) is 85.3 cm³/mol. The van der Waals surface area contributed by atoms with E-state index in [-0.39, 0.29) is 5.91 Å². The third kappa shape index (κ3) is 4.09. The molecule has 116 valence electrons. The van der Waals surface area contributed by atoms with Crippen LogP contribution in [0.3, 0.4) is 0 Å². The fraction of sp³-hybridized carbons (Fsp3) is 0.533. The lowest BCUT2D eigenvalue weighted by atomic mass is 10.2. The molecule has 21 heavy (non-hydrogen) atoms. The van der Waals surface area contributed by atoms with E-state index in [0.29, 0.717) is 29.0 Å². The highest BCUT2D eigenvalue weighted by atomic mass is 35.5. The van der Waals surface area contributed by atoms with Crippen molar-refractivity contribution in [1.29, 1.82) is 0 Å². The Bertz CT molecular complexity index is 522. The molecule has 1 fully saturated rings. The number of rotatable bonds is 4. The van der Waals surface area contributed by atoms with E-state index in [1.807, 2.05) is 13.0 Å². The Kier molecular flexibility index (Phi) is 5.45. The Labute approximate surface area is 130 Å². The van der Waals surface area contributed by atoms with Gasteiger partial charge in [0.15, 0.2) is 0 Å². The first-order valence-electron chi connectivity index (χ1n) is 7.10. The van der Waals surface area contributed by atoms with Crippen LogP contribution in [0.15, 0.2) is 12.1 Å². The molecule has 0 aromatic heterocycles. The molecule has 0 spiro atoms. The van der Waals surface area contributed by atoms with Gasteiger partial charge >= 0.3 is 0 Å². The van der Waals surface area contributed by atoms with E-state index < -0.39 is 0 Å². The summed E-state index contributed by atoms with van der Waals surface area (Å²) >= 11 is 6.07. The van der Waals surface area contributed by atoms with Crippen molar-refractivity contribution in [2.24, 2.45) is 0 Å². The number of halogens is 1. The first-order valence-corrected chi connectivity index (χ1v) is 7.48. The van der Waals surface area contributed by atoms with Gasteiger partial charge in [-0.1, -0.05) is 11.6 Å². The molecule has 2 N–H and O–H groups in total. The van der Waals surface area contributed by atoms with Crippen LogP contribution < -0.4 is 15.4 Å². The normalized spacial score (nSPS) is 19.3. The first-order chi connectivity index (χ1) is 10.0. The Balaban J connectivity index is 2.03. The van der Waals surface area contributed by atoms with Crippen molar-refractivity contribution in [2.45, 2.75) is 19.9 Å². The average molecular weight is 312 g/mol. The third-order valence-electron chi connectivity index (χ3n) is 3.74. The van der Waals surface area contributed by atoms with Crippen LogP contribution >= 0.6 is 11.6 Å². The number of carbonyl (C=O) groups excluding carboxylic acids is 1. The smallest absolute Gasteiger partial charge is 0.238 e. The number of amides is 1. The van der Waals surface area contributed by atoms with E-state index in [1.165, 1.54) is 0 Å². The monoisotopic (exact) mass is 311 g/mol. The van der Waals surface area contributed by atoms with E-state index in [1.54, 1.807) is 13.2 Å². The quantitative estimate of drug-likeness (QED) is 0.891. The van der Waals surface area contributed by atoms with Crippen LogP contribution in [0.4, 0.5) is 5.69 Å². The number of aryl methyl sites for hydroxylation is 1. The van der Waals surface area contributed by atoms with Gasteiger partial charge in [0.25, 0.3) is 0 Å². The maximum Gasteiger partial charge on any atom is 0.238 e. The molecule has 6 heteroatoms. The third-order valence-corrected chi connectivity index (χ3v) is 4.15. The second kappa shape index (κ2) is 7.11. The van der Waals surface area contributed by atoms with E-state index in [9.17, 15) is 4.79 Å². The lowest BCUT2D eigenvalue weighted by Gasteiger charge is -2.33. The molecule has 2 rings (SSSR count). The molecule has 0 saturated carbocycles. The zero-order chi connectivity index (χ0) is 15.4. The topological polar surface area (TPSA) is 53.6 Å². The summed E-state index contributed by atoms with van der Waals surface area (Å²) in [7, 11) is 1.56. The number of hydrogen-bond acceptors (Lipinski definition) is 4. The SMILES string of the molecule is COc1cc(Cl)c(C)cc1NC(=O)CN1CCNC[C@@H]1C. The van der Waals surface area contributed by atoms with Gasteiger partial charge < -0.3 is 15.4 Å². The van der Waals surface area contributed by atoms with Crippen molar-refractivity contribution in [3.8, 4) is 5.75 Å². The van der Waals surface area contributed by atoms with E-state index in [0.717, 1.165) is 25.2 Å². The lowest BCUT2D eigenvalue weighted by molar-refractivity contribution is -0.118. The van der Waals surface area contributed by atoms with E-state index >= 15 is 0 Å². The number of nitrogens with one attached hydrogen (secondary N) is 2. The first kappa shape index (κ1) is 16.1. The van der Waals surface area contributed by atoms with Crippen LogP contribution in [-0.4, -0.2) is 50.1 Å². The summed E-state index contributed by atoms with van der Waals surface area (Å²) < 4.78 is 5.27. The minimum Gasteiger partial charge on any atom is -0.495 e. The summed E-state index contributed by atoms with van der Waals surface area (Å²) in [6.45, 7) is 7.11. The zero-order valence-corrected chi connectivity index (χ0v) is 13.5. The minimum atomic E-state index is -0.0382. The van der Waals surface area contributed by atoms with Crippen LogP contribution in [0, 0.1) is 6.92 Å². The molecule has 1 heterocycles. The molecule has 0 radical (unpaired) electrons. The van der Waals surface area contributed by atoms with Gasteiger partial charge in [-0.2, -0.15) is 0 Å². The van der Waals surface area contributed by atoms with Gasteiger partial charge in [-0.05, 0) is 25.5 Å². The molecule has 1 saturated heterocycles. The van der Waals surface area contributed by atoms with Crippen molar-refractivity contribution in [3.63, 3.8) is 0 Å². The van der Waals surface area contributed by atoms with Gasteiger partial charge in [0, 0.05) is 36.8 Å². The number of benzene rings is 1. The number of hydrogen-bond donors (Lipinski definition) is 2. The van der Waals surface area contributed by atoms with Crippen LogP contribution in [0.2, 0.25) is 5.02 Å². The summed E-state index contributed by atoms with van der Waals surface area (Å²) in [6, 6.07) is 3.92. The van der Waals surface area contributed by atoms with Crippen molar-refractivity contribution < 1.29 is 9.53 Å². The number of anilines is 1. The van der Waals surface area contributed by atoms with Crippen LogP contribution in [0.5, 0.6) is 5.75 Å². The molecule has 1 aliphatic heterocycles. The zero-order valence-electron chi connectivity index (χ0n) is 12.7. The Morgan fingerprint density at radius 2 is 2.33 bits per heavy atom. The fourth-order valence-electron chi connectivity index (χ4n) is 2.42. The molecule has 0 unspecified atom stereocenters. The van der Waals surface area contributed by atoms with Crippen LogP contribution in [-0.2, 0) is 4.79 Å². The van der Waals surface area contributed by atoms with Gasteiger partial charge in [0.2, 0.25) is 5.91 Å². The second-order valence-electron chi connectivity index (χ2n) is 5.37. The highest BCUT2D eigenvalue weighted by Gasteiger charge is 2.20. The number of carbonyl (C=O) groups is 1. The maximum absolute atomic E-state index is 12.2. The predicted octanol–water partition coefficient (Wildman–Crippen LogP) is 1.89. The summed E-state index contributed by atoms with van der Waals surface area (Å²) in [5.41, 5.74) is 1.57. The number of nitrogens with zero attached hydrogens (tertiary/aromatic N) is 1. The number of ether oxygens (including phenoxy) is 1. The standard InChI is InChI=1S/C15H22ClN3O2/c1-10-6-13(14(21-3)7-12(10)16)18-15(20)9-19-5-4-17-8-11(19)2/h6-7,11,17H,4-5,8-9H2,1-3H3,(H,18,20)/t11-/m0/s1.